The first-order valence-corrected chi connectivity index (χ1v) is 6.91. The molecule has 10 heteroatoms. The molecule has 0 aliphatic heterocycles. The number of aldehydes is 1. The lowest BCUT2D eigenvalue weighted by molar-refractivity contribution is -0.525. The van der Waals surface area contributed by atoms with Gasteiger partial charge in [0.15, 0.2) is 5.03 Å². The number of aliphatic imine (C=N–C) groups is 1. The fraction of sp³-hybridized carbons (Fsp3) is 0.364. The summed E-state index contributed by atoms with van der Waals surface area (Å²) in [4.78, 5) is 37.0. The number of rotatable bonds is 8. The van der Waals surface area contributed by atoms with Crippen molar-refractivity contribution in [1.82, 2.24) is 10.7 Å². The summed E-state index contributed by atoms with van der Waals surface area (Å²) in [5.41, 5.74) is 6.94. The molecule has 1 aromatic rings. The van der Waals surface area contributed by atoms with Crippen molar-refractivity contribution >= 4 is 29.5 Å². The first kappa shape index (κ1) is 16.6. The molecule has 1 atom stereocenters. The van der Waals surface area contributed by atoms with Crippen LogP contribution in [0.15, 0.2) is 22.5 Å². The average Bonchev–Trinajstić information content (AvgIpc) is 2.95. The number of hydrogen-bond donors (Lipinski definition) is 3. The van der Waals surface area contributed by atoms with E-state index in [0.717, 1.165) is 0 Å². The van der Waals surface area contributed by atoms with Crippen molar-refractivity contribution in [1.29, 1.82) is 0 Å². The van der Waals surface area contributed by atoms with E-state index in [2.05, 4.69) is 10.3 Å². The largest absolute Gasteiger partial charge is 0.365 e. The van der Waals surface area contributed by atoms with Crippen LogP contribution >= 0.6 is 11.3 Å². The molecule has 0 saturated heterocycles. The highest BCUT2D eigenvalue weighted by Gasteiger charge is 2.13. The predicted molar refractivity (Wildman–Crippen MR) is 77.5 cm³/mol. The number of thiophene rings is 1. The van der Waals surface area contributed by atoms with Crippen molar-refractivity contribution in [3.8, 4) is 0 Å². The van der Waals surface area contributed by atoms with Crippen LogP contribution in [0.2, 0.25) is 0 Å². The molecular weight excluding hydrogens is 298 g/mol. The summed E-state index contributed by atoms with van der Waals surface area (Å²) in [6, 6.07) is 2.78. The fourth-order valence-corrected chi connectivity index (χ4v) is 2.09. The summed E-state index contributed by atoms with van der Waals surface area (Å²) in [6.07, 6.45) is 1.47. The second kappa shape index (κ2) is 8.64. The lowest BCUT2D eigenvalue weighted by atomic mass is 10.1. The molecule has 1 heterocycles. The van der Waals surface area contributed by atoms with Gasteiger partial charge in [0.1, 0.15) is 6.29 Å². The van der Waals surface area contributed by atoms with E-state index < -0.39 is 11.1 Å². The fourth-order valence-electron chi connectivity index (χ4n) is 1.46. The minimum absolute atomic E-state index is 0.214. The maximum atomic E-state index is 11.7. The Morgan fingerprint density at radius 2 is 2.38 bits per heavy atom. The Balaban J connectivity index is 2.33. The van der Waals surface area contributed by atoms with Crippen molar-refractivity contribution in [2.24, 2.45) is 10.7 Å². The molecule has 0 radical (unpaired) electrons. The molecule has 0 bridgehead atoms. The quantitative estimate of drug-likeness (QED) is 0.153. The molecule has 21 heavy (non-hydrogen) atoms. The molecule has 1 rings (SSSR count). The Morgan fingerprint density at radius 3 is 2.95 bits per heavy atom. The Bertz CT molecular complexity index is 517. The Hall–Kier alpha value is -2.49. The summed E-state index contributed by atoms with van der Waals surface area (Å²) in [5, 5.41) is 13.6. The molecule has 0 aliphatic carbocycles. The molecular formula is C11H15N5O4S. The van der Waals surface area contributed by atoms with Gasteiger partial charge in [0.2, 0.25) is 0 Å². The number of nitrogens with zero attached hydrogens (tertiary/aromatic N) is 2. The highest BCUT2D eigenvalue weighted by Crippen LogP contribution is 2.08. The number of amides is 1. The monoisotopic (exact) mass is 313 g/mol. The van der Waals surface area contributed by atoms with Gasteiger partial charge < -0.3 is 15.8 Å². The topological polar surface area (TPSA) is 140 Å². The van der Waals surface area contributed by atoms with Gasteiger partial charge in [-0.15, -0.1) is 11.3 Å². The number of hydrazine groups is 1. The van der Waals surface area contributed by atoms with Gasteiger partial charge in [-0.2, -0.15) is 0 Å². The lowest BCUT2D eigenvalue weighted by Gasteiger charge is -2.11. The molecule has 1 unspecified atom stereocenters. The number of carbonyl (C=O) groups excluding carboxylic acids is 2. The zero-order chi connectivity index (χ0) is 15.7. The molecule has 9 nitrogen and oxygen atoms in total. The lowest BCUT2D eigenvalue weighted by Crippen LogP contribution is -2.37. The Morgan fingerprint density at radius 1 is 1.62 bits per heavy atom. The van der Waals surface area contributed by atoms with Crippen LogP contribution in [-0.4, -0.2) is 35.8 Å². The molecule has 0 spiro atoms. The third-order valence-electron chi connectivity index (χ3n) is 2.39. The summed E-state index contributed by atoms with van der Waals surface area (Å²) >= 11 is 1.28. The summed E-state index contributed by atoms with van der Waals surface area (Å²) in [7, 11) is 0. The highest BCUT2D eigenvalue weighted by molar-refractivity contribution is 7.12. The van der Waals surface area contributed by atoms with E-state index >= 15 is 0 Å². The summed E-state index contributed by atoms with van der Waals surface area (Å²) in [5.74, 6) is -0.606. The predicted octanol–water partition coefficient (Wildman–Crippen LogP) is -0.0784. The van der Waals surface area contributed by atoms with Crippen LogP contribution in [0, 0.1) is 10.1 Å². The molecule has 1 amide bonds. The van der Waals surface area contributed by atoms with Gasteiger partial charge in [-0.25, -0.2) is 15.1 Å². The number of nitro groups is 1. The molecule has 114 valence electrons. The Labute approximate surface area is 124 Å². The number of carbonyl (C=O) groups is 2. The van der Waals surface area contributed by atoms with E-state index in [0.29, 0.717) is 24.0 Å². The molecule has 1 aromatic heterocycles. The molecule has 4 N–H and O–H groups in total. The van der Waals surface area contributed by atoms with Crippen LogP contribution in [-0.2, 0) is 4.79 Å². The van der Waals surface area contributed by atoms with Gasteiger partial charge >= 0.3 is 0 Å². The standard InChI is InChI=1S/C11H15N5O4S/c12-11(15-16(19)20)13-5-1-3-8(7-17)14-10(18)9-4-2-6-21-9/h2,4,6-8H,1,3,5H2,(H,14,18)(H3,12,13,15). The van der Waals surface area contributed by atoms with Crippen LogP contribution in [0.4, 0.5) is 0 Å². The van der Waals surface area contributed by atoms with Crippen molar-refractivity contribution in [2.75, 3.05) is 6.54 Å². The van der Waals surface area contributed by atoms with Crippen LogP contribution in [0.25, 0.3) is 0 Å². The first-order valence-electron chi connectivity index (χ1n) is 6.03. The van der Waals surface area contributed by atoms with Gasteiger partial charge in [-0.3, -0.25) is 4.79 Å². The normalized spacial score (nSPS) is 12.5. The summed E-state index contributed by atoms with van der Waals surface area (Å²) < 4.78 is 0. The first-order chi connectivity index (χ1) is 10.0. The average molecular weight is 313 g/mol. The third-order valence-corrected chi connectivity index (χ3v) is 3.26. The van der Waals surface area contributed by atoms with Gasteiger partial charge in [0, 0.05) is 6.54 Å². The van der Waals surface area contributed by atoms with Crippen molar-refractivity contribution in [3.05, 3.63) is 32.5 Å². The van der Waals surface area contributed by atoms with E-state index in [1.807, 2.05) is 0 Å². The third kappa shape index (κ3) is 6.47. The Kier molecular flexibility index (Phi) is 6.81. The van der Waals surface area contributed by atoms with Crippen molar-refractivity contribution in [3.63, 3.8) is 0 Å². The molecule has 0 saturated carbocycles. The minimum atomic E-state index is -0.811. The van der Waals surface area contributed by atoms with Crippen molar-refractivity contribution in [2.45, 2.75) is 18.9 Å². The van der Waals surface area contributed by atoms with E-state index in [-0.39, 0.29) is 18.4 Å². The second-order valence-corrected chi connectivity index (χ2v) is 4.92. The zero-order valence-corrected chi connectivity index (χ0v) is 11.8. The maximum Gasteiger partial charge on any atom is 0.261 e. The summed E-state index contributed by atoms with van der Waals surface area (Å²) in [6.45, 7) is 0.214. The van der Waals surface area contributed by atoms with Crippen LogP contribution < -0.4 is 16.5 Å². The smallest absolute Gasteiger partial charge is 0.261 e. The van der Waals surface area contributed by atoms with Gasteiger partial charge in [-0.1, -0.05) is 11.5 Å². The van der Waals surface area contributed by atoms with Gasteiger partial charge in [0.25, 0.3) is 11.9 Å². The zero-order valence-electron chi connectivity index (χ0n) is 11.0. The second-order valence-electron chi connectivity index (χ2n) is 3.97. The van der Waals surface area contributed by atoms with E-state index in [4.69, 9.17) is 5.73 Å². The SMILES string of the molecule is NC(=NCCCC(C=O)NC(=O)c1cccs1)N[N+](=O)[O-]. The highest BCUT2D eigenvalue weighted by atomic mass is 32.1. The number of guanidine groups is 1. The molecule has 0 aromatic carbocycles. The van der Waals surface area contributed by atoms with E-state index in [1.165, 1.54) is 11.3 Å². The van der Waals surface area contributed by atoms with E-state index in [9.17, 15) is 19.7 Å². The number of nitrogens with two attached hydrogens (primary N) is 1. The van der Waals surface area contributed by atoms with Crippen LogP contribution in [0.3, 0.4) is 0 Å². The van der Waals surface area contributed by atoms with Gasteiger partial charge in [-0.05, 0) is 24.3 Å². The minimum Gasteiger partial charge on any atom is -0.365 e. The number of nitrogens with one attached hydrogen (secondary N) is 2. The maximum absolute atomic E-state index is 11.7. The van der Waals surface area contributed by atoms with Crippen molar-refractivity contribution < 1.29 is 14.6 Å². The van der Waals surface area contributed by atoms with Crippen LogP contribution in [0.1, 0.15) is 22.5 Å². The van der Waals surface area contributed by atoms with E-state index in [1.54, 1.807) is 22.9 Å². The molecule has 0 aliphatic rings. The van der Waals surface area contributed by atoms with Gasteiger partial charge in [0.05, 0.1) is 10.9 Å². The van der Waals surface area contributed by atoms with Crippen LogP contribution in [0.5, 0.6) is 0 Å². The molecule has 0 fully saturated rings. The number of hydrogen-bond acceptors (Lipinski definition) is 6.